The van der Waals surface area contributed by atoms with Crippen molar-refractivity contribution in [3.63, 3.8) is 0 Å². The third-order valence-corrected chi connectivity index (χ3v) is 5.61. The van der Waals surface area contributed by atoms with Crippen LogP contribution in [-0.4, -0.2) is 19.6 Å². The highest BCUT2D eigenvalue weighted by Gasteiger charge is 2.21. The second kappa shape index (κ2) is 7.98. The normalized spacial score (nSPS) is 11.4. The highest BCUT2D eigenvalue weighted by atomic mass is 32.2. The van der Waals surface area contributed by atoms with Crippen LogP contribution in [0, 0.1) is 10.1 Å². The summed E-state index contributed by atoms with van der Waals surface area (Å²) >= 11 is 1.46. The Balaban J connectivity index is 1.85. The summed E-state index contributed by atoms with van der Waals surface area (Å²) in [5, 5.41) is 17.2. The van der Waals surface area contributed by atoms with Crippen molar-refractivity contribution in [1.29, 1.82) is 0 Å². The Morgan fingerprint density at radius 2 is 1.85 bits per heavy atom. The Labute approximate surface area is 159 Å². The van der Waals surface area contributed by atoms with Crippen LogP contribution in [0.15, 0.2) is 76.0 Å². The molecule has 27 heavy (non-hydrogen) atoms. The van der Waals surface area contributed by atoms with Gasteiger partial charge in [0.05, 0.1) is 16.0 Å². The number of benzene rings is 2. The van der Waals surface area contributed by atoms with Gasteiger partial charge in [0.25, 0.3) is 15.7 Å². The van der Waals surface area contributed by atoms with E-state index < -0.39 is 20.6 Å². The standard InChI is InChI=1S/C17H14N4O4S2/c22-21(23)17-11-15(27(24,25)20-13-5-2-1-3-6-13)8-9-16(17)19-18-12-14-7-4-10-26-14/h1-12,19-20H/b18-12-. The molecule has 0 bridgehead atoms. The lowest BCUT2D eigenvalue weighted by Gasteiger charge is -2.09. The van der Waals surface area contributed by atoms with Crippen LogP contribution in [0.5, 0.6) is 0 Å². The van der Waals surface area contributed by atoms with Crippen molar-refractivity contribution in [3.8, 4) is 0 Å². The fourth-order valence-electron chi connectivity index (χ4n) is 2.17. The molecular weight excluding hydrogens is 388 g/mol. The largest absolute Gasteiger partial charge is 0.295 e. The number of hydrazone groups is 1. The molecule has 0 fully saturated rings. The van der Waals surface area contributed by atoms with Crippen LogP contribution in [0.2, 0.25) is 0 Å². The maximum absolute atomic E-state index is 12.5. The van der Waals surface area contributed by atoms with Gasteiger partial charge in [0.2, 0.25) is 0 Å². The van der Waals surface area contributed by atoms with E-state index >= 15 is 0 Å². The van der Waals surface area contributed by atoms with Crippen molar-refractivity contribution in [2.24, 2.45) is 5.10 Å². The number of nitro benzene ring substituents is 1. The maximum Gasteiger partial charge on any atom is 0.295 e. The minimum absolute atomic E-state index is 0.0893. The number of hydrogen-bond acceptors (Lipinski definition) is 7. The zero-order valence-corrected chi connectivity index (χ0v) is 15.4. The van der Waals surface area contributed by atoms with Crippen molar-refractivity contribution in [2.45, 2.75) is 4.90 Å². The molecule has 138 valence electrons. The van der Waals surface area contributed by atoms with Crippen molar-refractivity contribution < 1.29 is 13.3 Å². The average Bonchev–Trinajstić information content (AvgIpc) is 3.15. The summed E-state index contributed by atoms with van der Waals surface area (Å²) in [6.45, 7) is 0. The van der Waals surface area contributed by atoms with Crippen molar-refractivity contribution in [3.05, 3.63) is 81.0 Å². The highest BCUT2D eigenvalue weighted by molar-refractivity contribution is 7.92. The number of nitrogens with one attached hydrogen (secondary N) is 2. The van der Waals surface area contributed by atoms with Crippen LogP contribution in [-0.2, 0) is 10.0 Å². The first-order valence-corrected chi connectivity index (χ1v) is 10.0. The van der Waals surface area contributed by atoms with Gasteiger partial charge in [0.15, 0.2) is 0 Å². The molecule has 0 saturated carbocycles. The lowest BCUT2D eigenvalue weighted by molar-refractivity contribution is -0.384. The van der Waals surface area contributed by atoms with E-state index in [4.69, 9.17) is 0 Å². The number of anilines is 2. The predicted octanol–water partition coefficient (Wildman–Crippen LogP) is 3.90. The Kier molecular flexibility index (Phi) is 5.48. The number of hydrogen-bond donors (Lipinski definition) is 2. The quantitative estimate of drug-likeness (QED) is 0.353. The van der Waals surface area contributed by atoms with Gasteiger partial charge < -0.3 is 0 Å². The van der Waals surface area contributed by atoms with Gasteiger partial charge in [0, 0.05) is 16.6 Å². The van der Waals surface area contributed by atoms with Crippen LogP contribution >= 0.6 is 11.3 Å². The molecular formula is C17H14N4O4S2. The second-order valence-corrected chi connectivity index (χ2v) is 7.95. The molecule has 2 N–H and O–H groups in total. The molecule has 0 amide bonds. The van der Waals surface area contributed by atoms with Gasteiger partial charge in [-0.1, -0.05) is 24.3 Å². The monoisotopic (exact) mass is 402 g/mol. The third kappa shape index (κ3) is 4.68. The molecule has 1 heterocycles. The average molecular weight is 402 g/mol. The Hall–Kier alpha value is -3.24. The lowest BCUT2D eigenvalue weighted by atomic mass is 10.3. The lowest BCUT2D eigenvalue weighted by Crippen LogP contribution is -2.13. The van der Waals surface area contributed by atoms with Crippen molar-refractivity contribution in [2.75, 3.05) is 10.1 Å². The highest BCUT2D eigenvalue weighted by Crippen LogP contribution is 2.28. The Bertz CT molecular complexity index is 1070. The zero-order valence-electron chi connectivity index (χ0n) is 13.8. The van der Waals surface area contributed by atoms with Gasteiger partial charge in [-0.05, 0) is 35.7 Å². The van der Waals surface area contributed by atoms with Gasteiger partial charge in [-0.15, -0.1) is 11.3 Å². The van der Waals surface area contributed by atoms with E-state index in [1.807, 2.05) is 17.5 Å². The molecule has 0 atom stereocenters. The number of thiophene rings is 1. The van der Waals surface area contributed by atoms with E-state index in [0.717, 1.165) is 10.9 Å². The van der Waals surface area contributed by atoms with Crippen LogP contribution in [0.25, 0.3) is 0 Å². The first-order valence-electron chi connectivity index (χ1n) is 7.64. The van der Waals surface area contributed by atoms with Crippen molar-refractivity contribution in [1.82, 2.24) is 0 Å². The van der Waals surface area contributed by atoms with Gasteiger partial charge in [0.1, 0.15) is 5.69 Å². The fourth-order valence-corrected chi connectivity index (χ4v) is 3.84. The first-order chi connectivity index (χ1) is 13.0. The molecule has 0 aliphatic carbocycles. The molecule has 3 aromatic rings. The van der Waals surface area contributed by atoms with E-state index in [9.17, 15) is 18.5 Å². The molecule has 0 spiro atoms. The summed E-state index contributed by atoms with van der Waals surface area (Å²) in [6, 6.07) is 15.6. The summed E-state index contributed by atoms with van der Waals surface area (Å²) < 4.78 is 27.3. The first kappa shape index (κ1) is 18.5. The van der Waals surface area contributed by atoms with E-state index in [1.54, 1.807) is 30.3 Å². The third-order valence-electron chi connectivity index (χ3n) is 3.42. The summed E-state index contributed by atoms with van der Waals surface area (Å²) in [5.41, 5.74) is 2.64. The van der Waals surface area contributed by atoms with Crippen molar-refractivity contribution >= 4 is 44.6 Å². The molecule has 1 aromatic heterocycles. The minimum Gasteiger partial charge on any atom is -0.280 e. The number of para-hydroxylation sites is 1. The van der Waals surface area contributed by atoms with Crippen LogP contribution in [0.3, 0.4) is 0 Å². The maximum atomic E-state index is 12.5. The number of rotatable bonds is 7. The molecule has 3 rings (SSSR count). The van der Waals surface area contributed by atoms with Gasteiger partial charge in [-0.2, -0.15) is 5.10 Å². The molecule has 2 aromatic carbocycles. The number of sulfonamides is 1. The summed E-state index contributed by atoms with van der Waals surface area (Å²) in [7, 11) is -3.96. The molecule has 0 unspecified atom stereocenters. The number of nitro groups is 1. The Morgan fingerprint density at radius 3 is 2.52 bits per heavy atom. The van der Waals surface area contributed by atoms with E-state index in [1.165, 1.54) is 29.7 Å². The van der Waals surface area contributed by atoms with Gasteiger partial charge in [-0.25, -0.2) is 8.42 Å². The molecule has 0 radical (unpaired) electrons. The van der Waals surface area contributed by atoms with Gasteiger partial charge >= 0.3 is 0 Å². The second-order valence-electron chi connectivity index (χ2n) is 5.29. The molecule has 0 saturated heterocycles. The number of nitrogens with zero attached hydrogens (tertiary/aromatic N) is 2. The van der Waals surface area contributed by atoms with E-state index in [-0.39, 0.29) is 10.6 Å². The fraction of sp³-hybridized carbons (Fsp3) is 0. The molecule has 0 aliphatic heterocycles. The summed E-state index contributed by atoms with van der Waals surface area (Å²) in [5.74, 6) is 0. The van der Waals surface area contributed by atoms with E-state index in [0.29, 0.717) is 5.69 Å². The minimum atomic E-state index is -3.96. The van der Waals surface area contributed by atoms with Gasteiger partial charge in [-0.3, -0.25) is 20.3 Å². The van der Waals surface area contributed by atoms with E-state index in [2.05, 4.69) is 15.2 Å². The predicted molar refractivity (Wildman–Crippen MR) is 106 cm³/mol. The SMILES string of the molecule is O=[N+]([O-])c1cc(S(=O)(=O)Nc2ccccc2)ccc1N/N=C\c1cccs1. The summed E-state index contributed by atoms with van der Waals surface area (Å²) in [6.07, 6.45) is 1.52. The molecule has 10 heteroatoms. The summed E-state index contributed by atoms with van der Waals surface area (Å²) in [4.78, 5) is 11.3. The topological polar surface area (TPSA) is 114 Å². The molecule has 8 nitrogen and oxygen atoms in total. The zero-order chi connectivity index (χ0) is 19.3. The van der Waals surface area contributed by atoms with Crippen LogP contribution in [0.4, 0.5) is 17.1 Å². The van der Waals surface area contributed by atoms with Crippen LogP contribution in [0.1, 0.15) is 4.88 Å². The molecule has 0 aliphatic rings. The Morgan fingerprint density at radius 1 is 1.07 bits per heavy atom. The van der Waals surface area contributed by atoms with Crippen LogP contribution < -0.4 is 10.1 Å². The smallest absolute Gasteiger partial charge is 0.280 e.